The second-order valence-corrected chi connectivity index (χ2v) is 8.39. The van der Waals surface area contributed by atoms with E-state index in [9.17, 15) is 4.79 Å². The first-order valence-electron chi connectivity index (χ1n) is 9.60. The van der Waals surface area contributed by atoms with Gasteiger partial charge >= 0.3 is 0 Å². The number of benzene rings is 3. The summed E-state index contributed by atoms with van der Waals surface area (Å²) in [6.07, 6.45) is 0. The molecule has 0 spiro atoms. The largest absolute Gasteiger partial charge is 0.332 e. The Labute approximate surface area is 187 Å². The van der Waals surface area contributed by atoms with Gasteiger partial charge in [0.2, 0.25) is 0 Å². The number of nitrogens with one attached hydrogen (secondary N) is 2. The van der Waals surface area contributed by atoms with E-state index in [2.05, 4.69) is 39.0 Å². The molecular weight excluding hydrogens is 426 g/mol. The number of fused-ring (bicyclic) bond motifs is 2. The van der Waals surface area contributed by atoms with E-state index in [1.165, 1.54) is 11.3 Å². The van der Waals surface area contributed by atoms with Crippen molar-refractivity contribution in [3.63, 3.8) is 0 Å². The van der Waals surface area contributed by atoms with Crippen LogP contribution in [0.1, 0.15) is 15.2 Å². The van der Waals surface area contributed by atoms with E-state index in [-0.39, 0.29) is 11.0 Å². The zero-order valence-corrected chi connectivity index (χ0v) is 18.1. The van der Waals surface area contributed by atoms with Gasteiger partial charge in [-0.05, 0) is 59.7 Å². The van der Waals surface area contributed by atoms with Crippen LogP contribution in [0.25, 0.3) is 27.5 Å². The molecule has 6 nitrogen and oxygen atoms in total. The highest BCUT2D eigenvalue weighted by Crippen LogP contribution is 2.25. The van der Waals surface area contributed by atoms with Gasteiger partial charge in [-0.3, -0.25) is 10.1 Å². The molecule has 0 bridgehead atoms. The fourth-order valence-electron chi connectivity index (χ4n) is 3.42. The summed E-state index contributed by atoms with van der Waals surface area (Å²) in [5, 5.41) is 19.5. The van der Waals surface area contributed by atoms with Crippen molar-refractivity contribution in [3.8, 4) is 5.69 Å². The Bertz CT molecular complexity index is 1430. The van der Waals surface area contributed by atoms with Crippen LogP contribution in [-0.4, -0.2) is 26.0 Å². The predicted molar refractivity (Wildman–Crippen MR) is 129 cm³/mol. The Hall–Kier alpha value is -3.62. The molecule has 2 N–H and O–H groups in total. The van der Waals surface area contributed by atoms with Crippen LogP contribution >= 0.6 is 23.6 Å². The summed E-state index contributed by atoms with van der Waals surface area (Å²) in [6.45, 7) is 1.96. The molecule has 0 aliphatic heterocycles. The lowest BCUT2D eigenvalue weighted by atomic mass is 10.1. The maximum absolute atomic E-state index is 12.2. The van der Waals surface area contributed by atoms with Gasteiger partial charge in [-0.25, -0.2) is 0 Å². The number of amides is 1. The summed E-state index contributed by atoms with van der Waals surface area (Å²) >= 11 is 6.69. The van der Waals surface area contributed by atoms with Crippen LogP contribution in [0.2, 0.25) is 0 Å². The molecule has 0 fully saturated rings. The number of rotatable bonds is 3. The van der Waals surface area contributed by atoms with E-state index in [1.54, 1.807) is 10.9 Å². The van der Waals surface area contributed by atoms with Crippen molar-refractivity contribution < 1.29 is 4.79 Å². The average molecular weight is 444 g/mol. The summed E-state index contributed by atoms with van der Waals surface area (Å²) in [7, 11) is 0. The predicted octanol–water partition coefficient (Wildman–Crippen LogP) is 5.07. The number of hydrogen-bond acceptors (Lipinski definition) is 5. The van der Waals surface area contributed by atoms with Crippen molar-refractivity contribution in [2.75, 3.05) is 5.32 Å². The molecule has 3 aromatic carbocycles. The van der Waals surface area contributed by atoms with Gasteiger partial charge in [-0.15, -0.1) is 26.3 Å². The highest BCUT2D eigenvalue weighted by molar-refractivity contribution is 7.80. The van der Waals surface area contributed by atoms with Gasteiger partial charge in [0.05, 0.1) is 10.6 Å². The molecule has 0 saturated heterocycles. The van der Waals surface area contributed by atoms with E-state index in [1.807, 2.05) is 54.8 Å². The van der Waals surface area contributed by atoms with Gasteiger partial charge in [0.1, 0.15) is 11.0 Å². The Morgan fingerprint density at radius 3 is 2.58 bits per heavy atom. The second-order valence-electron chi connectivity index (χ2n) is 7.03. The lowest BCUT2D eigenvalue weighted by molar-refractivity contribution is 0.0981. The Kier molecular flexibility index (Phi) is 4.93. The van der Waals surface area contributed by atoms with E-state index >= 15 is 0 Å². The first-order valence-corrected chi connectivity index (χ1v) is 10.9. The summed E-state index contributed by atoms with van der Waals surface area (Å²) < 4.78 is 0. The molecule has 1 amide bonds. The van der Waals surface area contributed by atoms with Gasteiger partial charge in [-0.2, -0.15) is 0 Å². The SMILES string of the molecule is Cc1cc2nn(-c3cccc4ccccc34)nc2cc1NC(=S)NC(=O)c1cccs1. The normalized spacial score (nSPS) is 11.0. The fraction of sp³-hybridized carbons (Fsp3) is 0.0435. The number of thiophene rings is 1. The quantitative estimate of drug-likeness (QED) is 0.381. The Balaban J connectivity index is 1.44. The minimum Gasteiger partial charge on any atom is -0.332 e. The third-order valence-electron chi connectivity index (χ3n) is 4.93. The number of thiocarbonyl (C=S) groups is 1. The average Bonchev–Trinajstić information content (AvgIpc) is 3.43. The summed E-state index contributed by atoms with van der Waals surface area (Å²) in [5.41, 5.74) is 4.15. The molecule has 0 atom stereocenters. The third kappa shape index (κ3) is 3.78. The number of hydrogen-bond donors (Lipinski definition) is 2. The molecule has 0 aliphatic rings. The maximum Gasteiger partial charge on any atom is 0.267 e. The highest BCUT2D eigenvalue weighted by Gasteiger charge is 2.13. The van der Waals surface area contributed by atoms with Crippen molar-refractivity contribution in [2.45, 2.75) is 6.92 Å². The van der Waals surface area contributed by atoms with Crippen molar-refractivity contribution in [1.82, 2.24) is 20.3 Å². The molecule has 0 saturated carbocycles. The molecule has 5 rings (SSSR count). The number of aryl methyl sites for hydroxylation is 1. The number of aromatic nitrogens is 3. The van der Waals surface area contributed by atoms with E-state index < -0.39 is 0 Å². The van der Waals surface area contributed by atoms with Crippen LogP contribution in [0.15, 0.2) is 72.1 Å². The first kappa shape index (κ1) is 19.3. The van der Waals surface area contributed by atoms with Crippen molar-refractivity contribution in [2.24, 2.45) is 0 Å². The van der Waals surface area contributed by atoms with E-state index in [0.29, 0.717) is 4.88 Å². The van der Waals surface area contributed by atoms with Crippen molar-refractivity contribution >= 4 is 62.1 Å². The standard InChI is InChI=1S/C23H17N5OS2/c1-14-12-18-19(13-17(14)24-23(30)25-22(29)21-10-5-11-31-21)27-28(26-18)20-9-4-7-15-6-2-3-8-16(15)20/h2-13H,1H3,(H2,24,25,29,30). The Morgan fingerprint density at radius 1 is 1.00 bits per heavy atom. The van der Waals surface area contributed by atoms with Crippen LogP contribution < -0.4 is 10.6 Å². The van der Waals surface area contributed by atoms with Crippen LogP contribution in [0.4, 0.5) is 5.69 Å². The minimum absolute atomic E-state index is 0.229. The molecule has 31 heavy (non-hydrogen) atoms. The second kappa shape index (κ2) is 7.90. The van der Waals surface area contributed by atoms with E-state index in [0.717, 1.165) is 38.7 Å². The number of carbonyl (C=O) groups is 1. The fourth-order valence-corrected chi connectivity index (χ4v) is 4.24. The van der Waals surface area contributed by atoms with Gasteiger partial charge in [0, 0.05) is 11.1 Å². The van der Waals surface area contributed by atoms with Crippen LogP contribution in [0, 0.1) is 6.92 Å². The lowest BCUT2D eigenvalue weighted by Gasteiger charge is -2.11. The van der Waals surface area contributed by atoms with Gasteiger partial charge < -0.3 is 5.32 Å². The topological polar surface area (TPSA) is 71.8 Å². The Morgan fingerprint density at radius 2 is 1.77 bits per heavy atom. The molecule has 0 radical (unpaired) electrons. The third-order valence-corrected chi connectivity index (χ3v) is 6.00. The lowest BCUT2D eigenvalue weighted by Crippen LogP contribution is -2.33. The molecule has 0 aliphatic carbocycles. The van der Waals surface area contributed by atoms with Gasteiger partial charge in [0.15, 0.2) is 5.11 Å². The molecule has 0 unspecified atom stereocenters. The zero-order chi connectivity index (χ0) is 21.4. The van der Waals surface area contributed by atoms with Gasteiger partial charge in [0.25, 0.3) is 5.91 Å². The van der Waals surface area contributed by atoms with Crippen molar-refractivity contribution in [1.29, 1.82) is 0 Å². The van der Waals surface area contributed by atoms with Gasteiger partial charge in [-0.1, -0.05) is 42.5 Å². The number of carbonyl (C=O) groups excluding carboxylic acids is 1. The highest BCUT2D eigenvalue weighted by atomic mass is 32.1. The van der Waals surface area contributed by atoms with Crippen molar-refractivity contribution in [3.05, 3.63) is 82.6 Å². The van der Waals surface area contributed by atoms with Crippen LogP contribution in [0.5, 0.6) is 0 Å². The van der Waals surface area contributed by atoms with Crippen LogP contribution in [-0.2, 0) is 0 Å². The first-order chi connectivity index (χ1) is 15.1. The monoisotopic (exact) mass is 443 g/mol. The maximum atomic E-state index is 12.2. The smallest absolute Gasteiger partial charge is 0.267 e. The molecule has 152 valence electrons. The molecule has 2 aromatic heterocycles. The molecule has 5 aromatic rings. The zero-order valence-electron chi connectivity index (χ0n) is 16.5. The number of anilines is 1. The molecular formula is C23H17N5OS2. The number of nitrogens with zero attached hydrogens (tertiary/aromatic N) is 3. The summed E-state index contributed by atoms with van der Waals surface area (Å²) in [5.74, 6) is -0.229. The van der Waals surface area contributed by atoms with E-state index in [4.69, 9.17) is 12.2 Å². The summed E-state index contributed by atoms with van der Waals surface area (Å²) in [4.78, 5) is 14.5. The summed E-state index contributed by atoms with van der Waals surface area (Å²) in [6, 6.07) is 21.6. The molecule has 2 heterocycles. The molecule has 8 heteroatoms. The minimum atomic E-state index is -0.229. The van der Waals surface area contributed by atoms with Crippen LogP contribution in [0.3, 0.4) is 0 Å².